The molecule has 1 amide bonds. The fraction of sp³-hybridized carbons (Fsp3) is 0.429. The number of carbonyl (C=O) groups excluding carboxylic acids is 1. The maximum Gasteiger partial charge on any atom is 0.228 e. The quantitative estimate of drug-likeness (QED) is 0.296. The molecule has 1 aromatic carbocycles. The second kappa shape index (κ2) is 13.2. The molecule has 1 saturated carbocycles. The third kappa shape index (κ3) is 6.90. The van der Waals surface area contributed by atoms with Crippen LogP contribution in [0.25, 0.3) is 11.3 Å². The molecule has 12 heteroatoms. The number of likely N-dealkylation sites (N-methyl/N-ethyl adjacent to an activating group) is 1. The lowest BCUT2D eigenvalue weighted by atomic mass is 9.78. The fourth-order valence-electron chi connectivity index (χ4n) is 5.05. The van der Waals surface area contributed by atoms with Gasteiger partial charge in [0.2, 0.25) is 5.91 Å². The van der Waals surface area contributed by atoms with E-state index < -0.39 is 5.82 Å². The van der Waals surface area contributed by atoms with Crippen molar-refractivity contribution < 1.29 is 14.3 Å². The molecule has 40 heavy (non-hydrogen) atoms. The molecule has 5 rings (SSSR count). The summed E-state index contributed by atoms with van der Waals surface area (Å²) in [5, 5.41) is 24.9. The first-order valence-electron chi connectivity index (χ1n) is 13.5. The molecule has 2 fully saturated rings. The molecule has 3 aromatic rings. The van der Waals surface area contributed by atoms with Crippen LogP contribution in [0.2, 0.25) is 5.02 Å². The van der Waals surface area contributed by atoms with Crippen LogP contribution in [-0.2, 0) is 4.79 Å². The van der Waals surface area contributed by atoms with Crippen molar-refractivity contribution in [1.29, 1.82) is 0 Å². The predicted octanol–water partition coefficient (Wildman–Crippen LogP) is 4.51. The molecule has 1 aliphatic heterocycles. The number of halogens is 2. The summed E-state index contributed by atoms with van der Waals surface area (Å²) < 4.78 is 14.5. The van der Waals surface area contributed by atoms with Gasteiger partial charge in [0.05, 0.1) is 18.0 Å². The van der Waals surface area contributed by atoms with E-state index in [0.717, 1.165) is 45.6 Å². The van der Waals surface area contributed by atoms with Gasteiger partial charge in [-0.3, -0.25) is 9.69 Å². The minimum Gasteiger partial charge on any atom is -0.396 e. The van der Waals surface area contributed by atoms with Crippen LogP contribution in [0, 0.1) is 11.7 Å². The molecular weight excluding hydrogens is 553 g/mol. The Hall–Kier alpha value is -2.83. The van der Waals surface area contributed by atoms with Crippen molar-refractivity contribution in [2.45, 2.75) is 30.8 Å². The largest absolute Gasteiger partial charge is 0.396 e. The summed E-state index contributed by atoms with van der Waals surface area (Å²) in [7, 11) is 0. The molecule has 0 bridgehead atoms. The number of thioether (sulfide) groups is 1. The van der Waals surface area contributed by atoms with Crippen LogP contribution in [-0.4, -0.2) is 87.1 Å². The molecule has 3 heterocycles. The Bertz CT molecular complexity index is 1340. The van der Waals surface area contributed by atoms with Gasteiger partial charge in [-0.2, -0.15) is 0 Å². The summed E-state index contributed by atoms with van der Waals surface area (Å²) in [6.07, 6.45) is 3.35. The zero-order chi connectivity index (χ0) is 28.1. The Morgan fingerprint density at radius 2 is 1.95 bits per heavy atom. The van der Waals surface area contributed by atoms with Gasteiger partial charge in [-0.15, -0.1) is 22.0 Å². The second-order valence-corrected chi connectivity index (χ2v) is 11.5. The zero-order valence-electron chi connectivity index (χ0n) is 22.3. The lowest BCUT2D eigenvalue weighted by Crippen LogP contribution is -2.55. The third-order valence-corrected chi connectivity index (χ3v) is 8.64. The third-order valence-electron chi connectivity index (χ3n) is 7.44. The van der Waals surface area contributed by atoms with Crippen LogP contribution in [0.15, 0.2) is 47.6 Å². The molecule has 2 aliphatic rings. The highest BCUT2D eigenvalue weighted by atomic mass is 35.5. The number of nitrogens with zero attached hydrogens (tertiary/aromatic N) is 5. The predicted molar refractivity (Wildman–Crippen MR) is 157 cm³/mol. The SMILES string of the molecule is CCN1CCN(C2CC(C(=O)Nc3cc(Nc4cc(-c5cc(Cl)ccc5F)nnc4SCCO)ccn3)C2)CC1. The van der Waals surface area contributed by atoms with E-state index in [0.29, 0.717) is 44.7 Å². The van der Waals surface area contributed by atoms with Gasteiger partial charge in [0, 0.05) is 72.4 Å². The maximum absolute atomic E-state index is 14.5. The number of carbonyl (C=O) groups is 1. The van der Waals surface area contributed by atoms with Crippen LogP contribution in [0.1, 0.15) is 19.8 Å². The Kier molecular flexibility index (Phi) is 9.48. The van der Waals surface area contributed by atoms with E-state index in [-0.39, 0.29) is 24.0 Å². The molecule has 1 saturated heterocycles. The summed E-state index contributed by atoms with van der Waals surface area (Å²) in [4.78, 5) is 22.2. The van der Waals surface area contributed by atoms with Crippen LogP contribution in [0.5, 0.6) is 0 Å². The number of aliphatic hydroxyl groups excluding tert-OH is 1. The van der Waals surface area contributed by atoms with Gasteiger partial charge in [-0.25, -0.2) is 9.37 Å². The van der Waals surface area contributed by atoms with E-state index in [9.17, 15) is 14.3 Å². The van der Waals surface area contributed by atoms with E-state index >= 15 is 0 Å². The molecule has 212 valence electrons. The number of nitrogens with one attached hydrogen (secondary N) is 2. The summed E-state index contributed by atoms with van der Waals surface area (Å²) in [5.41, 5.74) is 1.79. The Balaban J connectivity index is 1.25. The molecule has 9 nitrogen and oxygen atoms in total. The topological polar surface area (TPSA) is 107 Å². The highest BCUT2D eigenvalue weighted by molar-refractivity contribution is 7.99. The number of amides is 1. The average Bonchev–Trinajstić information content (AvgIpc) is 2.93. The second-order valence-electron chi connectivity index (χ2n) is 9.98. The number of rotatable bonds is 10. The number of benzene rings is 1. The highest BCUT2D eigenvalue weighted by Gasteiger charge is 2.38. The van der Waals surface area contributed by atoms with Crippen molar-refractivity contribution in [1.82, 2.24) is 25.0 Å². The minimum absolute atomic E-state index is 0.0171. The van der Waals surface area contributed by atoms with Crippen molar-refractivity contribution in [2.24, 2.45) is 5.92 Å². The number of anilines is 3. The highest BCUT2D eigenvalue weighted by Crippen LogP contribution is 2.35. The maximum atomic E-state index is 14.5. The molecular formula is C28H33ClFN7O2S. The fourth-order valence-corrected chi connectivity index (χ4v) is 5.87. The van der Waals surface area contributed by atoms with Crippen LogP contribution in [0.3, 0.4) is 0 Å². The normalized spacial score (nSPS) is 19.7. The molecule has 2 aromatic heterocycles. The van der Waals surface area contributed by atoms with Crippen molar-refractivity contribution in [2.75, 3.05) is 55.7 Å². The van der Waals surface area contributed by atoms with Crippen LogP contribution < -0.4 is 10.6 Å². The number of hydrogen-bond donors (Lipinski definition) is 3. The van der Waals surface area contributed by atoms with Crippen LogP contribution in [0.4, 0.5) is 21.6 Å². The van der Waals surface area contributed by atoms with E-state index in [1.54, 1.807) is 24.4 Å². The first-order valence-corrected chi connectivity index (χ1v) is 14.9. The van der Waals surface area contributed by atoms with Crippen LogP contribution >= 0.6 is 23.4 Å². The smallest absolute Gasteiger partial charge is 0.228 e. The Morgan fingerprint density at radius 3 is 2.70 bits per heavy atom. The first-order chi connectivity index (χ1) is 19.4. The standard InChI is InChI=1S/C28H33ClFN7O2S/c1-2-36-7-9-37(10-8-36)21-13-18(14-21)27(39)33-26-16-20(5-6-31-26)32-25-17-24(34-35-28(25)40-12-11-38)22-15-19(29)3-4-23(22)30/h3-6,15-18,21,38H,2,7-14H2,1H3,(H2,31,32,33,34,39). The van der Waals surface area contributed by atoms with Crippen molar-refractivity contribution in [3.63, 3.8) is 0 Å². The first kappa shape index (κ1) is 28.7. The zero-order valence-corrected chi connectivity index (χ0v) is 23.9. The Morgan fingerprint density at radius 1 is 1.15 bits per heavy atom. The number of hydrogen-bond acceptors (Lipinski definition) is 9. The lowest BCUT2D eigenvalue weighted by molar-refractivity contribution is -0.124. The van der Waals surface area contributed by atoms with Crippen molar-refractivity contribution in [3.05, 3.63) is 53.4 Å². The van der Waals surface area contributed by atoms with Gasteiger partial charge in [0.15, 0.2) is 0 Å². The number of aliphatic hydroxyl groups is 1. The van der Waals surface area contributed by atoms with E-state index in [4.69, 9.17) is 11.6 Å². The summed E-state index contributed by atoms with van der Waals surface area (Å²) in [6.45, 7) is 7.57. The average molecular weight is 586 g/mol. The summed E-state index contributed by atoms with van der Waals surface area (Å²) in [6, 6.07) is 9.95. The van der Waals surface area contributed by atoms with Gasteiger partial charge < -0.3 is 20.6 Å². The lowest BCUT2D eigenvalue weighted by Gasteiger charge is -2.45. The number of pyridine rings is 1. The Labute approximate surface area is 242 Å². The van der Waals surface area contributed by atoms with Gasteiger partial charge >= 0.3 is 0 Å². The van der Waals surface area contributed by atoms with Crippen molar-refractivity contribution in [3.8, 4) is 11.3 Å². The van der Waals surface area contributed by atoms with Gasteiger partial charge in [0.1, 0.15) is 16.7 Å². The van der Waals surface area contributed by atoms with E-state index in [1.165, 1.54) is 30.0 Å². The minimum atomic E-state index is -0.462. The van der Waals surface area contributed by atoms with Gasteiger partial charge in [-0.05, 0) is 49.7 Å². The molecule has 0 spiro atoms. The monoisotopic (exact) mass is 585 g/mol. The van der Waals surface area contributed by atoms with E-state index in [2.05, 4.69) is 42.5 Å². The molecule has 0 radical (unpaired) electrons. The molecule has 3 N–H and O–H groups in total. The number of aromatic nitrogens is 3. The number of piperazine rings is 1. The van der Waals surface area contributed by atoms with E-state index in [1.807, 2.05) is 0 Å². The van der Waals surface area contributed by atoms with Crippen molar-refractivity contribution >= 4 is 46.5 Å². The van der Waals surface area contributed by atoms with Gasteiger partial charge in [0.25, 0.3) is 0 Å². The van der Waals surface area contributed by atoms with Gasteiger partial charge in [-0.1, -0.05) is 18.5 Å². The summed E-state index contributed by atoms with van der Waals surface area (Å²) >= 11 is 7.40. The molecule has 1 aliphatic carbocycles. The summed E-state index contributed by atoms with van der Waals surface area (Å²) in [5.74, 6) is 0.367. The molecule has 0 atom stereocenters. The molecule has 0 unspecified atom stereocenters.